The lowest BCUT2D eigenvalue weighted by Gasteiger charge is -2.15. The van der Waals surface area contributed by atoms with Crippen LogP contribution in [-0.2, 0) is 16.0 Å². The van der Waals surface area contributed by atoms with E-state index in [1.54, 1.807) is 0 Å². The molecule has 4 nitrogen and oxygen atoms in total. The lowest BCUT2D eigenvalue weighted by atomic mass is 10.1. The molecule has 1 unspecified atom stereocenters. The summed E-state index contributed by atoms with van der Waals surface area (Å²) in [6, 6.07) is 17.4. The van der Waals surface area contributed by atoms with Gasteiger partial charge in [-0.3, -0.25) is 0 Å². The van der Waals surface area contributed by atoms with Gasteiger partial charge in [0.2, 0.25) is 6.23 Å². The van der Waals surface area contributed by atoms with E-state index in [-0.39, 0.29) is 12.1 Å². The first-order chi connectivity index (χ1) is 12.2. The molecule has 25 heavy (non-hydrogen) atoms. The number of benzene rings is 2. The number of carbonyl (C=O) groups excluding carboxylic acids is 1. The van der Waals surface area contributed by atoms with Gasteiger partial charge in [-0.2, -0.15) is 0 Å². The van der Waals surface area contributed by atoms with Gasteiger partial charge in [0, 0.05) is 12.0 Å². The number of ether oxygens (including phenoxy) is 2. The van der Waals surface area contributed by atoms with Crippen LogP contribution in [0.25, 0.3) is 0 Å². The van der Waals surface area contributed by atoms with Crippen molar-refractivity contribution in [2.45, 2.75) is 45.4 Å². The third-order valence-corrected chi connectivity index (χ3v) is 4.32. The molecule has 0 N–H and O–H groups in total. The Morgan fingerprint density at radius 1 is 1.04 bits per heavy atom. The molecule has 0 aromatic heterocycles. The fraction of sp³-hybridized carbons (Fsp3) is 0.333. The second-order valence-electron chi connectivity index (χ2n) is 6.12. The second kappa shape index (κ2) is 7.97. The van der Waals surface area contributed by atoms with Crippen LogP contribution in [0.2, 0.25) is 0 Å². The molecule has 3 rings (SSSR count). The van der Waals surface area contributed by atoms with Gasteiger partial charge in [0.1, 0.15) is 11.5 Å². The molecule has 0 bridgehead atoms. The predicted octanol–water partition coefficient (Wildman–Crippen LogP) is 4.49. The highest BCUT2D eigenvalue weighted by atomic mass is 16.6. The summed E-state index contributed by atoms with van der Waals surface area (Å²) in [6.07, 6.45) is 2.16. The zero-order valence-electron chi connectivity index (χ0n) is 14.6. The fourth-order valence-electron chi connectivity index (χ4n) is 2.80. The van der Waals surface area contributed by atoms with E-state index < -0.39 is 6.23 Å². The lowest BCUT2D eigenvalue weighted by Crippen LogP contribution is -2.14. The van der Waals surface area contributed by atoms with Crippen LogP contribution in [0.15, 0.2) is 59.6 Å². The van der Waals surface area contributed by atoms with E-state index in [1.165, 1.54) is 0 Å². The van der Waals surface area contributed by atoms with Gasteiger partial charge < -0.3 is 9.47 Å². The van der Waals surface area contributed by atoms with Crippen LogP contribution in [-0.4, -0.2) is 17.8 Å². The van der Waals surface area contributed by atoms with E-state index in [0.717, 1.165) is 29.7 Å². The number of cyclic esters (lactones) is 1. The van der Waals surface area contributed by atoms with Crippen molar-refractivity contribution in [1.29, 1.82) is 0 Å². The maximum absolute atomic E-state index is 12.1. The molecule has 1 atom stereocenters. The minimum absolute atomic E-state index is 0.242. The number of hydrogen-bond acceptors (Lipinski definition) is 4. The number of nitrogens with zero attached hydrogens (tertiary/aromatic N) is 1. The van der Waals surface area contributed by atoms with Gasteiger partial charge in [0.25, 0.3) is 0 Å². The third-order valence-electron chi connectivity index (χ3n) is 4.32. The van der Waals surface area contributed by atoms with Crippen molar-refractivity contribution in [2.75, 3.05) is 0 Å². The number of hydrogen-bond donors (Lipinski definition) is 0. The summed E-state index contributed by atoms with van der Waals surface area (Å²) >= 11 is 0. The predicted molar refractivity (Wildman–Crippen MR) is 97.9 cm³/mol. The van der Waals surface area contributed by atoms with Crippen LogP contribution >= 0.6 is 0 Å². The minimum Gasteiger partial charge on any atom is -0.490 e. The van der Waals surface area contributed by atoms with Gasteiger partial charge in [-0.05, 0) is 30.5 Å². The molecule has 0 spiro atoms. The SMILES string of the molecule is CCC(CC)Oc1ccc(CC2=NC(c3ccccc3)OC2=O)cc1. The first-order valence-electron chi connectivity index (χ1n) is 8.77. The first-order valence-corrected chi connectivity index (χ1v) is 8.77. The van der Waals surface area contributed by atoms with Crippen LogP contribution in [0.3, 0.4) is 0 Å². The zero-order chi connectivity index (χ0) is 17.6. The van der Waals surface area contributed by atoms with E-state index in [4.69, 9.17) is 9.47 Å². The second-order valence-corrected chi connectivity index (χ2v) is 6.12. The molecule has 0 aliphatic carbocycles. The minimum atomic E-state index is -0.527. The van der Waals surface area contributed by atoms with Crippen LogP contribution < -0.4 is 4.74 Å². The van der Waals surface area contributed by atoms with Crippen molar-refractivity contribution >= 4 is 11.7 Å². The van der Waals surface area contributed by atoms with Crippen molar-refractivity contribution in [3.63, 3.8) is 0 Å². The molecule has 2 aromatic carbocycles. The number of esters is 1. The van der Waals surface area contributed by atoms with Crippen LogP contribution in [0, 0.1) is 0 Å². The van der Waals surface area contributed by atoms with E-state index in [9.17, 15) is 4.79 Å². The van der Waals surface area contributed by atoms with Crippen molar-refractivity contribution in [3.05, 3.63) is 65.7 Å². The molecule has 0 saturated carbocycles. The monoisotopic (exact) mass is 337 g/mol. The molecule has 1 heterocycles. The Hall–Kier alpha value is -2.62. The largest absolute Gasteiger partial charge is 0.490 e. The lowest BCUT2D eigenvalue weighted by molar-refractivity contribution is -0.138. The molecular formula is C21H23NO3. The Balaban J connectivity index is 1.66. The number of carbonyl (C=O) groups is 1. The topological polar surface area (TPSA) is 47.9 Å². The molecule has 2 aromatic rings. The highest BCUT2D eigenvalue weighted by molar-refractivity contribution is 6.38. The molecule has 1 aliphatic rings. The molecule has 130 valence electrons. The highest BCUT2D eigenvalue weighted by Gasteiger charge is 2.28. The van der Waals surface area contributed by atoms with Crippen LogP contribution in [0.5, 0.6) is 5.75 Å². The Morgan fingerprint density at radius 2 is 1.72 bits per heavy atom. The van der Waals surface area contributed by atoms with Crippen LogP contribution in [0.1, 0.15) is 44.0 Å². The van der Waals surface area contributed by atoms with E-state index in [2.05, 4.69) is 18.8 Å². The maximum Gasteiger partial charge on any atom is 0.354 e. The Morgan fingerprint density at radius 3 is 2.36 bits per heavy atom. The Kier molecular flexibility index (Phi) is 5.49. The van der Waals surface area contributed by atoms with E-state index in [1.807, 2.05) is 54.6 Å². The summed E-state index contributed by atoms with van der Waals surface area (Å²) in [4.78, 5) is 16.5. The van der Waals surface area contributed by atoms with E-state index in [0.29, 0.717) is 12.1 Å². The van der Waals surface area contributed by atoms with Crippen molar-refractivity contribution in [3.8, 4) is 5.75 Å². The molecule has 0 fully saturated rings. The van der Waals surface area contributed by atoms with Gasteiger partial charge in [-0.1, -0.05) is 56.3 Å². The quantitative estimate of drug-likeness (QED) is 0.699. The molecular weight excluding hydrogens is 314 g/mol. The summed E-state index contributed by atoms with van der Waals surface area (Å²) < 4.78 is 11.3. The van der Waals surface area contributed by atoms with Crippen molar-refractivity contribution in [1.82, 2.24) is 0 Å². The summed E-state index contributed by atoms with van der Waals surface area (Å²) in [5.41, 5.74) is 2.36. The molecule has 4 heteroatoms. The Bertz CT molecular complexity index is 733. The third kappa shape index (κ3) is 4.27. The van der Waals surface area contributed by atoms with Gasteiger partial charge in [-0.25, -0.2) is 9.79 Å². The maximum atomic E-state index is 12.1. The van der Waals surface area contributed by atoms with E-state index >= 15 is 0 Å². The standard InChI is InChI=1S/C21H23NO3/c1-3-17(4-2)24-18-12-10-15(11-13-18)14-19-21(23)25-20(22-19)16-8-6-5-7-9-16/h5-13,17,20H,3-4,14H2,1-2H3. The number of rotatable bonds is 7. The molecule has 1 aliphatic heterocycles. The van der Waals surface area contributed by atoms with Gasteiger partial charge in [0.05, 0.1) is 6.10 Å². The highest BCUT2D eigenvalue weighted by Crippen LogP contribution is 2.25. The smallest absolute Gasteiger partial charge is 0.354 e. The van der Waals surface area contributed by atoms with Crippen LogP contribution in [0.4, 0.5) is 0 Å². The van der Waals surface area contributed by atoms with Crippen molar-refractivity contribution in [2.24, 2.45) is 4.99 Å². The summed E-state index contributed by atoms with van der Waals surface area (Å²) in [7, 11) is 0. The fourth-order valence-corrected chi connectivity index (χ4v) is 2.80. The average Bonchev–Trinajstić information content (AvgIpc) is 3.02. The number of aliphatic imine (C=N–C) groups is 1. The zero-order valence-corrected chi connectivity index (χ0v) is 14.6. The van der Waals surface area contributed by atoms with Gasteiger partial charge in [0.15, 0.2) is 0 Å². The Labute approximate surface area is 148 Å². The van der Waals surface area contributed by atoms with Crippen molar-refractivity contribution < 1.29 is 14.3 Å². The first kappa shape index (κ1) is 17.2. The molecule has 0 radical (unpaired) electrons. The van der Waals surface area contributed by atoms with Gasteiger partial charge in [-0.15, -0.1) is 0 Å². The molecule has 0 amide bonds. The normalized spacial score (nSPS) is 16.7. The summed E-state index contributed by atoms with van der Waals surface area (Å²) in [5.74, 6) is 0.516. The average molecular weight is 337 g/mol. The summed E-state index contributed by atoms with van der Waals surface area (Å²) in [5, 5.41) is 0. The molecule has 0 saturated heterocycles. The summed E-state index contributed by atoms with van der Waals surface area (Å²) in [6.45, 7) is 4.24. The van der Waals surface area contributed by atoms with Gasteiger partial charge >= 0.3 is 5.97 Å².